The Morgan fingerprint density at radius 2 is 1.57 bits per heavy atom. The van der Waals surface area contributed by atoms with Crippen molar-refractivity contribution in [1.82, 2.24) is 4.31 Å². The molecule has 1 N–H and O–H groups in total. The van der Waals surface area contributed by atoms with E-state index in [0.717, 1.165) is 29.1 Å². The van der Waals surface area contributed by atoms with Crippen molar-refractivity contribution in [3.05, 3.63) is 0 Å². The molecule has 0 heterocycles. The van der Waals surface area contributed by atoms with Gasteiger partial charge in [-0.1, -0.05) is 78.4 Å². The number of hydrogen-bond donors (Lipinski definition) is 1. The number of unbranched alkanes of at least 4 members (excludes halogenated alkanes) is 2. The molecule has 2 atom stereocenters. The third-order valence-corrected chi connectivity index (χ3v) is 6.42. The quantitative estimate of drug-likeness (QED) is 0.282. The Kier molecular flexibility index (Phi) is 15.8. The zero-order chi connectivity index (χ0) is 17.5. The molecular weight excluding hydrogens is 322 g/mol. The first-order chi connectivity index (χ1) is 11.1. The lowest BCUT2D eigenvalue weighted by molar-refractivity contribution is 0.303. The standard InChI is InChI=1S/C19H39NOS2/c1-5-9-11-17(7-3)15-20(19(22)13-14-21)23-16-18(8-4)12-10-6-2/h17-18,21H,5-16H2,1-4H3. The highest BCUT2D eigenvalue weighted by Crippen LogP contribution is 2.25. The van der Waals surface area contributed by atoms with Gasteiger partial charge >= 0.3 is 0 Å². The molecule has 0 saturated carbocycles. The van der Waals surface area contributed by atoms with Gasteiger partial charge in [-0.05, 0) is 36.6 Å². The van der Waals surface area contributed by atoms with Crippen molar-refractivity contribution in [3.8, 4) is 0 Å². The maximum Gasteiger partial charge on any atom is 0.0901 e. The number of rotatable bonds is 15. The second-order valence-corrected chi connectivity index (χ2v) is 8.06. The molecule has 138 valence electrons. The molecule has 0 aromatic carbocycles. The number of thiocarbonyl (C=S) groups is 1. The molecule has 0 aromatic heterocycles. The van der Waals surface area contributed by atoms with Gasteiger partial charge in [0.15, 0.2) is 0 Å². The molecule has 0 spiro atoms. The van der Waals surface area contributed by atoms with E-state index < -0.39 is 0 Å². The van der Waals surface area contributed by atoms with E-state index >= 15 is 0 Å². The van der Waals surface area contributed by atoms with Crippen molar-refractivity contribution in [2.45, 2.75) is 85.5 Å². The predicted octanol–water partition coefficient (Wildman–Crippen LogP) is 6.08. The fourth-order valence-corrected chi connectivity index (χ4v) is 4.36. The summed E-state index contributed by atoms with van der Waals surface area (Å²) in [4.78, 5) is 0.929. The van der Waals surface area contributed by atoms with Gasteiger partial charge in [-0.2, -0.15) is 0 Å². The second-order valence-electron chi connectivity index (χ2n) is 6.56. The van der Waals surface area contributed by atoms with Crippen LogP contribution in [0.3, 0.4) is 0 Å². The van der Waals surface area contributed by atoms with Crippen molar-refractivity contribution < 1.29 is 5.11 Å². The molecule has 0 saturated heterocycles. The monoisotopic (exact) mass is 361 g/mol. The summed E-state index contributed by atoms with van der Waals surface area (Å²) in [5.41, 5.74) is 0. The van der Waals surface area contributed by atoms with Gasteiger partial charge in [-0.15, -0.1) is 0 Å². The zero-order valence-corrected chi connectivity index (χ0v) is 17.5. The van der Waals surface area contributed by atoms with Crippen molar-refractivity contribution in [2.75, 3.05) is 18.9 Å². The Hall–Kier alpha value is 0.200. The molecule has 0 radical (unpaired) electrons. The van der Waals surface area contributed by atoms with Gasteiger partial charge in [0.25, 0.3) is 0 Å². The summed E-state index contributed by atoms with van der Waals surface area (Å²) in [6, 6.07) is 0. The van der Waals surface area contributed by atoms with E-state index in [1.807, 2.05) is 11.9 Å². The van der Waals surface area contributed by atoms with E-state index in [-0.39, 0.29) is 6.61 Å². The maximum atomic E-state index is 9.23. The Labute approximate surface area is 154 Å². The SMILES string of the molecule is CCCCC(CC)CSN(CC(CC)CCCC)C(=S)CCO. The van der Waals surface area contributed by atoms with Gasteiger partial charge < -0.3 is 9.41 Å². The number of hydrogen-bond acceptors (Lipinski definition) is 3. The van der Waals surface area contributed by atoms with Gasteiger partial charge in [-0.25, -0.2) is 0 Å². The van der Waals surface area contributed by atoms with Crippen LogP contribution < -0.4 is 0 Å². The third kappa shape index (κ3) is 11.4. The molecule has 0 aliphatic heterocycles. The molecule has 0 aliphatic rings. The van der Waals surface area contributed by atoms with E-state index in [1.165, 1.54) is 51.4 Å². The molecular formula is C19H39NOS2. The van der Waals surface area contributed by atoms with Gasteiger partial charge in [0.1, 0.15) is 0 Å². The highest BCUT2D eigenvalue weighted by Gasteiger charge is 2.17. The molecule has 0 bridgehead atoms. The lowest BCUT2D eigenvalue weighted by atomic mass is 9.99. The molecule has 0 aromatic rings. The molecule has 23 heavy (non-hydrogen) atoms. The van der Waals surface area contributed by atoms with Crippen LogP contribution in [0.25, 0.3) is 0 Å². The topological polar surface area (TPSA) is 23.5 Å². The first-order valence-corrected chi connectivity index (χ1v) is 11.0. The molecule has 0 amide bonds. The smallest absolute Gasteiger partial charge is 0.0901 e. The summed E-state index contributed by atoms with van der Waals surface area (Å²) in [5.74, 6) is 2.66. The van der Waals surface area contributed by atoms with Crippen LogP contribution in [-0.2, 0) is 0 Å². The molecule has 2 nitrogen and oxygen atoms in total. The minimum atomic E-state index is 0.161. The highest BCUT2D eigenvalue weighted by atomic mass is 32.2. The minimum Gasteiger partial charge on any atom is -0.396 e. The number of aliphatic hydroxyl groups excluding tert-OH is 1. The molecule has 2 unspecified atom stereocenters. The summed E-state index contributed by atoms with van der Waals surface area (Å²) in [7, 11) is 0. The summed E-state index contributed by atoms with van der Waals surface area (Å²) < 4.78 is 2.32. The van der Waals surface area contributed by atoms with Crippen LogP contribution in [-0.4, -0.2) is 33.3 Å². The molecule has 0 fully saturated rings. The molecule has 0 aliphatic carbocycles. The summed E-state index contributed by atoms with van der Waals surface area (Å²) in [5, 5.41) is 9.23. The normalized spacial score (nSPS) is 13.8. The Morgan fingerprint density at radius 1 is 1.00 bits per heavy atom. The van der Waals surface area contributed by atoms with E-state index in [2.05, 4.69) is 32.0 Å². The largest absolute Gasteiger partial charge is 0.396 e. The van der Waals surface area contributed by atoms with E-state index in [0.29, 0.717) is 6.42 Å². The second kappa shape index (κ2) is 15.7. The average Bonchev–Trinajstić information content (AvgIpc) is 2.56. The molecule has 0 rings (SSSR count). The Morgan fingerprint density at radius 3 is 2.04 bits per heavy atom. The summed E-state index contributed by atoms with van der Waals surface area (Å²) in [6.07, 6.45) is 10.9. The van der Waals surface area contributed by atoms with E-state index in [1.54, 1.807) is 0 Å². The van der Waals surface area contributed by atoms with Crippen molar-refractivity contribution in [2.24, 2.45) is 11.8 Å². The fraction of sp³-hybridized carbons (Fsp3) is 0.947. The first-order valence-electron chi connectivity index (χ1n) is 9.66. The fourth-order valence-electron chi connectivity index (χ4n) is 2.69. The number of nitrogens with zero attached hydrogens (tertiary/aromatic N) is 1. The molecule has 4 heteroatoms. The first kappa shape index (κ1) is 23.2. The zero-order valence-electron chi connectivity index (χ0n) is 15.9. The number of aliphatic hydroxyl groups is 1. The average molecular weight is 362 g/mol. The van der Waals surface area contributed by atoms with Crippen molar-refractivity contribution >= 4 is 29.2 Å². The summed E-state index contributed by atoms with van der Waals surface area (Å²) in [6.45, 7) is 10.3. The van der Waals surface area contributed by atoms with Crippen LogP contribution in [0.15, 0.2) is 0 Å². The van der Waals surface area contributed by atoms with Crippen LogP contribution in [0, 0.1) is 11.8 Å². The van der Waals surface area contributed by atoms with Crippen molar-refractivity contribution in [3.63, 3.8) is 0 Å². The van der Waals surface area contributed by atoms with Gasteiger partial charge in [0.05, 0.1) is 4.99 Å². The van der Waals surface area contributed by atoms with Crippen molar-refractivity contribution in [1.29, 1.82) is 0 Å². The van der Waals surface area contributed by atoms with E-state index in [4.69, 9.17) is 12.2 Å². The van der Waals surface area contributed by atoms with Gasteiger partial charge in [0.2, 0.25) is 0 Å². The minimum absolute atomic E-state index is 0.161. The lowest BCUT2D eigenvalue weighted by Crippen LogP contribution is -2.30. The van der Waals surface area contributed by atoms with E-state index in [9.17, 15) is 5.11 Å². The lowest BCUT2D eigenvalue weighted by Gasteiger charge is -2.29. The van der Waals surface area contributed by atoms with Crippen LogP contribution in [0.4, 0.5) is 0 Å². The predicted molar refractivity (Wildman–Crippen MR) is 110 cm³/mol. The van der Waals surface area contributed by atoms with Crippen LogP contribution >= 0.6 is 24.2 Å². The Bertz CT molecular complexity index is 287. The highest BCUT2D eigenvalue weighted by molar-refractivity contribution is 7.98. The Balaban J connectivity index is 4.56. The maximum absolute atomic E-state index is 9.23. The van der Waals surface area contributed by atoms with Gasteiger partial charge in [0, 0.05) is 25.3 Å². The summed E-state index contributed by atoms with van der Waals surface area (Å²) >= 11 is 7.49. The van der Waals surface area contributed by atoms with Crippen LogP contribution in [0.5, 0.6) is 0 Å². The third-order valence-electron chi connectivity index (χ3n) is 4.58. The van der Waals surface area contributed by atoms with Crippen LogP contribution in [0.2, 0.25) is 0 Å². The van der Waals surface area contributed by atoms with Gasteiger partial charge in [-0.3, -0.25) is 0 Å². The van der Waals surface area contributed by atoms with Crippen LogP contribution in [0.1, 0.15) is 85.5 Å².